The van der Waals surface area contributed by atoms with Crippen molar-refractivity contribution >= 4 is 45.9 Å². The van der Waals surface area contributed by atoms with Gasteiger partial charge in [-0.3, -0.25) is 19.8 Å². The van der Waals surface area contributed by atoms with Crippen LogP contribution in [0.2, 0.25) is 0 Å². The van der Waals surface area contributed by atoms with Gasteiger partial charge in [-0.1, -0.05) is 24.5 Å². The third-order valence-corrected chi connectivity index (χ3v) is 6.54. The SMILES string of the molecule is Cc1ccc(NC(=O)Nc2nc(CN3C(=O)N[C@@H](C)C3=O)cs2)c(C(=O)C2CCCC2)c1. The standard InChI is InChI=1S/C22H25N5O4S/c1-12-7-8-17(16(9-12)18(28)14-5-3-4-6-14)25-20(30)26-21-24-15(11-32-21)10-27-19(29)13(2)23-22(27)31/h7-9,11,13-14H,3-6,10H2,1-2H3,(H,23,31)(H2,24,25,26,30)/t13-/m0/s1. The lowest BCUT2D eigenvalue weighted by Gasteiger charge is -2.14. The van der Waals surface area contributed by atoms with E-state index in [1.807, 2.05) is 19.1 Å². The maximum atomic E-state index is 13.0. The van der Waals surface area contributed by atoms with Crippen molar-refractivity contribution in [1.82, 2.24) is 15.2 Å². The summed E-state index contributed by atoms with van der Waals surface area (Å²) >= 11 is 1.19. The highest BCUT2D eigenvalue weighted by atomic mass is 32.1. The normalized spacial score (nSPS) is 18.7. The van der Waals surface area contributed by atoms with Gasteiger partial charge >= 0.3 is 12.1 Å². The molecule has 1 aromatic heterocycles. The van der Waals surface area contributed by atoms with Crippen molar-refractivity contribution in [2.24, 2.45) is 5.92 Å². The number of hydrogen-bond donors (Lipinski definition) is 3. The Balaban J connectivity index is 1.41. The first-order valence-corrected chi connectivity index (χ1v) is 11.5. The first kappa shape index (κ1) is 21.9. The van der Waals surface area contributed by atoms with Crippen LogP contribution in [0, 0.1) is 12.8 Å². The average Bonchev–Trinajstić information content (AvgIpc) is 3.48. The van der Waals surface area contributed by atoms with Gasteiger partial charge in [0.25, 0.3) is 5.91 Å². The van der Waals surface area contributed by atoms with E-state index in [0.717, 1.165) is 36.1 Å². The van der Waals surface area contributed by atoms with E-state index in [9.17, 15) is 19.2 Å². The molecule has 2 aliphatic rings. The Morgan fingerprint density at radius 3 is 2.66 bits per heavy atom. The van der Waals surface area contributed by atoms with Gasteiger partial charge in [-0.15, -0.1) is 11.3 Å². The smallest absolute Gasteiger partial charge is 0.325 e. The molecule has 0 bridgehead atoms. The van der Waals surface area contributed by atoms with Gasteiger partial charge < -0.3 is 10.6 Å². The fourth-order valence-electron chi connectivity index (χ4n) is 4.04. The summed E-state index contributed by atoms with van der Waals surface area (Å²) in [5.41, 5.74) is 2.45. The molecule has 0 unspecified atom stereocenters. The minimum atomic E-state index is -0.555. The Labute approximate surface area is 189 Å². The van der Waals surface area contributed by atoms with E-state index in [1.165, 1.54) is 11.3 Å². The van der Waals surface area contributed by atoms with Crippen LogP contribution < -0.4 is 16.0 Å². The second-order valence-electron chi connectivity index (χ2n) is 8.21. The highest BCUT2D eigenvalue weighted by molar-refractivity contribution is 7.13. The van der Waals surface area contributed by atoms with E-state index in [2.05, 4.69) is 20.9 Å². The average molecular weight is 456 g/mol. The van der Waals surface area contributed by atoms with Gasteiger partial charge in [0.1, 0.15) is 6.04 Å². The highest BCUT2D eigenvalue weighted by Crippen LogP contribution is 2.31. The summed E-state index contributed by atoms with van der Waals surface area (Å²) in [7, 11) is 0. The second kappa shape index (κ2) is 9.07. The number of nitrogens with one attached hydrogen (secondary N) is 3. The lowest BCUT2D eigenvalue weighted by atomic mass is 9.94. The summed E-state index contributed by atoms with van der Waals surface area (Å²) in [6, 6.07) is 3.88. The van der Waals surface area contributed by atoms with Crippen LogP contribution in [0.25, 0.3) is 0 Å². The number of rotatable bonds is 6. The number of carbonyl (C=O) groups is 4. The van der Waals surface area contributed by atoms with Gasteiger partial charge in [0.05, 0.1) is 17.9 Å². The zero-order valence-corrected chi connectivity index (χ0v) is 18.8. The van der Waals surface area contributed by atoms with E-state index < -0.39 is 18.1 Å². The number of urea groups is 2. The Hall–Kier alpha value is -3.27. The fourth-order valence-corrected chi connectivity index (χ4v) is 4.73. The monoisotopic (exact) mass is 455 g/mol. The third kappa shape index (κ3) is 4.64. The molecule has 2 aromatic rings. The molecule has 32 heavy (non-hydrogen) atoms. The first-order chi connectivity index (χ1) is 15.3. The zero-order valence-electron chi connectivity index (χ0n) is 17.9. The maximum Gasteiger partial charge on any atom is 0.325 e. The van der Waals surface area contributed by atoms with Crippen LogP contribution in [0.15, 0.2) is 23.6 Å². The maximum absolute atomic E-state index is 13.0. The second-order valence-corrected chi connectivity index (χ2v) is 9.07. The molecule has 0 spiro atoms. The molecule has 1 aliphatic heterocycles. The Kier molecular flexibility index (Phi) is 6.22. The zero-order chi connectivity index (χ0) is 22.8. The quantitative estimate of drug-likeness (QED) is 0.451. The van der Waals surface area contributed by atoms with Gasteiger partial charge in [-0.25, -0.2) is 14.6 Å². The van der Waals surface area contributed by atoms with Gasteiger partial charge in [0.15, 0.2) is 10.9 Å². The lowest BCUT2D eigenvalue weighted by Crippen LogP contribution is -2.30. The molecule has 2 fully saturated rings. The molecule has 1 saturated carbocycles. The lowest BCUT2D eigenvalue weighted by molar-refractivity contribution is -0.127. The molecule has 0 radical (unpaired) electrons. The molecule has 1 aliphatic carbocycles. The van der Waals surface area contributed by atoms with Crippen molar-refractivity contribution in [3.63, 3.8) is 0 Å². The van der Waals surface area contributed by atoms with Crippen molar-refractivity contribution in [3.8, 4) is 0 Å². The Morgan fingerprint density at radius 1 is 1.22 bits per heavy atom. The molecular formula is C22H25N5O4S. The number of ketones is 1. The number of amides is 5. The molecule has 1 saturated heterocycles. The summed E-state index contributed by atoms with van der Waals surface area (Å²) in [6.07, 6.45) is 3.89. The number of thiazole rings is 1. The number of benzene rings is 1. The molecule has 168 valence electrons. The summed E-state index contributed by atoms with van der Waals surface area (Å²) in [5.74, 6) is -0.231. The summed E-state index contributed by atoms with van der Waals surface area (Å²) in [5, 5.41) is 9.97. The number of nitrogens with zero attached hydrogens (tertiary/aromatic N) is 2. The van der Waals surface area contributed by atoms with Crippen molar-refractivity contribution in [2.45, 2.75) is 52.1 Å². The number of aryl methyl sites for hydroxylation is 1. The Bertz CT molecular complexity index is 1080. The molecule has 3 N–H and O–H groups in total. The van der Waals surface area contributed by atoms with E-state index in [0.29, 0.717) is 22.1 Å². The van der Waals surface area contributed by atoms with Gasteiger partial charge in [-0.05, 0) is 38.8 Å². The summed E-state index contributed by atoms with van der Waals surface area (Å²) in [6.45, 7) is 3.57. The summed E-state index contributed by atoms with van der Waals surface area (Å²) < 4.78 is 0. The van der Waals surface area contributed by atoms with Crippen LogP contribution in [0.4, 0.5) is 20.4 Å². The fraction of sp³-hybridized carbons (Fsp3) is 0.409. The number of imide groups is 1. The predicted octanol–water partition coefficient (Wildman–Crippen LogP) is 3.91. The molecule has 4 rings (SSSR count). The van der Waals surface area contributed by atoms with Crippen LogP contribution in [-0.4, -0.2) is 39.7 Å². The Morgan fingerprint density at radius 2 is 1.97 bits per heavy atom. The van der Waals surface area contributed by atoms with Crippen LogP contribution in [0.1, 0.15) is 54.2 Å². The number of aromatic nitrogens is 1. The van der Waals surface area contributed by atoms with E-state index >= 15 is 0 Å². The van der Waals surface area contributed by atoms with Gasteiger partial charge in [0, 0.05) is 16.9 Å². The van der Waals surface area contributed by atoms with Crippen molar-refractivity contribution in [3.05, 3.63) is 40.4 Å². The number of carbonyl (C=O) groups excluding carboxylic acids is 4. The van der Waals surface area contributed by atoms with Crippen LogP contribution >= 0.6 is 11.3 Å². The first-order valence-electron chi connectivity index (χ1n) is 10.6. The van der Waals surface area contributed by atoms with Gasteiger partial charge in [-0.2, -0.15) is 0 Å². The van der Waals surface area contributed by atoms with E-state index in [1.54, 1.807) is 18.4 Å². The van der Waals surface area contributed by atoms with Crippen molar-refractivity contribution in [1.29, 1.82) is 0 Å². The minimum absolute atomic E-state index is 0.00940. The molecule has 1 aromatic carbocycles. The molecule has 5 amide bonds. The van der Waals surface area contributed by atoms with Crippen LogP contribution in [0.5, 0.6) is 0 Å². The van der Waals surface area contributed by atoms with Crippen molar-refractivity contribution in [2.75, 3.05) is 10.6 Å². The topological polar surface area (TPSA) is 120 Å². The third-order valence-electron chi connectivity index (χ3n) is 5.73. The largest absolute Gasteiger partial charge is 0.326 e. The van der Waals surface area contributed by atoms with E-state index in [4.69, 9.17) is 0 Å². The predicted molar refractivity (Wildman–Crippen MR) is 121 cm³/mol. The molecule has 10 heteroatoms. The minimum Gasteiger partial charge on any atom is -0.326 e. The number of anilines is 2. The molecule has 9 nitrogen and oxygen atoms in total. The van der Waals surface area contributed by atoms with Crippen LogP contribution in [0.3, 0.4) is 0 Å². The molecule has 1 atom stereocenters. The van der Waals surface area contributed by atoms with E-state index in [-0.39, 0.29) is 24.2 Å². The van der Waals surface area contributed by atoms with Gasteiger partial charge in [0.2, 0.25) is 0 Å². The number of Topliss-reactive ketones (excluding diaryl/α,β-unsaturated/α-hetero) is 1. The van der Waals surface area contributed by atoms with Crippen LogP contribution in [-0.2, 0) is 11.3 Å². The molecular weight excluding hydrogens is 430 g/mol. The number of hydrogen-bond acceptors (Lipinski definition) is 6. The molecule has 2 heterocycles. The van der Waals surface area contributed by atoms with Crippen molar-refractivity contribution < 1.29 is 19.2 Å². The highest BCUT2D eigenvalue weighted by Gasteiger charge is 2.35. The summed E-state index contributed by atoms with van der Waals surface area (Å²) in [4.78, 5) is 54.8.